The van der Waals surface area contributed by atoms with E-state index in [1.165, 1.54) is 12.8 Å². The number of aliphatic hydroxyl groups excluding tert-OH is 1. The van der Waals surface area contributed by atoms with Crippen molar-refractivity contribution >= 4 is 0 Å². The number of terminal acetylenes is 1. The fourth-order valence-corrected chi connectivity index (χ4v) is 4.00. The molecule has 21 heavy (non-hydrogen) atoms. The largest absolute Gasteiger partial charge is 0.392 e. The highest BCUT2D eigenvalue weighted by atomic mass is 16.3. The molecule has 0 bridgehead atoms. The number of hydrogen-bond donors (Lipinski definition) is 2. The number of allylic oxidation sites excluding steroid dienone is 3. The Morgan fingerprint density at radius 3 is 2.81 bits per heavy atom. The van der Waals surface area contributed by atoms with E-state index in [2.05, 4.69) is 30.0 Å². The van der Waals surface area contributed by atoms with E-state index in [0.29, 0.717) is 6.04 Å². The van der Waals surface area contributed by atoms with E-state index >= 15 is 0 Å². The van der Waals surface area contributed by atoms with Crippen molar-refractivity contribution in [1.29, 1.82) is 0 Å². The number of rotatable bonds is 4. The number of hydrogen-bond acceptors (Lipinski definition) is 2. The summed E-state index contributed by atoms with van der Waals surface area (Å²) in [7, 11) is 0. The molecular formula is C19H27NO. The lowest BCUT2D eigenvalue weighted by Crippen LogP contribution is -2.61. The summed E-state index contributed by atoms with van der Waals surface area (Å²) in [5.41, 5.74) is 0.0457. The number of nitrogens with one attached hydrogen (secondary N) is 1. The summed E-state index contributed by atoms with van der Waals surface area (Å²) >= 11 is 0. The van der Waals surface area contributed by atoms with Crippen LogP contribution in [0.15, 0.2) is 37.0 Å². The molecular weight excluding hydrogens is 258 g/mol. The molecule has 1 aliphatic carbocycles. The molecule has 0 aromatic carbocycles. The summed E-state index contributed by atoms with van der Waals surface area (Å²) < 4.78 is 0. The number of aliphatic hydroxyl groups is 1. The van der Waals surface area contributed by atoms with Crippen LogP contribution in [0.25, 0.3) is 0 Å². The molecule has 0 aromatic heterocycles. The van der Waals surface area contributed by atoms with Gasteiger partial charge in [-0.2, -0.15) is 0 Å². The minimum absolute atomic E-state index is 0.0457. The predicted octanol–water partition coefficient (Wildman–Crippen LogP) is 3.35. The molecule has 1 saturated heterocycles. The molecule has 2 aliphatic rings. The molecule has 2 fully saturated rings. The van der Waals surface area contributed by atoms with Gasteiger partial charge in [0.25, 0.3) is 0 Å². The monoisotopic (exact) mass is 285 g/mol. The van der Waals surface area contributed by atoms with Crippen LogP contribution in [-0.4, -0.2) is 22.8 Å². The van der Waals surface area contributed by atoms with E-state index in [9.17, 15) is 5.11 Å². The second-order valence-electron chi connectivity index (χ2n) is 6.30. The van der Waals surface area contributed by atoms with E-state index in [4.69, 9.17) is 6.42 Å². The van der Waals surface area contributed by atoms with Crippen LogP contribution >= 0.6 is 0 Å². The Bertz CT molecular complexity index is 441. The fourth-order valence-electron chi connectivity index (χ4n) is 4.00. The molecule has 2 nitrogen and oxygen atoms in total. The zero-order valence-electron chi connectivity index (χ0n) is 12.8. The molecule has 2 N–H and O–H groups in total. The zero-order valence-corrected chi connectivity index (χ0v) is 12.8. The minimum Gasteiger partial charge on any atom is -0.392 e. The maximum absolute atomic E-state index is 10.4. The van der Waals surface area contributed by atoms with E-state index in [-0.39, 0.29) is 17.6 Å². The van der Waals surface area contributed by atoms with Gasteiger partial charge in [-0.25, -0.2) is 0 Å². The van der Waals surface area contributed by atoms with Crippen molar-refractivity contribution < 1.29 is 5.11 Å². The Morgan fingerprint density at radius 2 is 2.10 bits per heavy atom. The SMILES string of the molecule is C#C/C=C\CC1CCCC2(CCCC(O)C2/C=C\C=C)N1. The Labute approximate surface area is 129 Å². The van der Waals surface area contributed by atoms with Gasteiger partial charge in [0, 0.05) is 17.5 Å². The first-order valence-electron chi connectivity index (χ1n) is 8.08. The predicted molar refractivity (Wildman–Crippen MR) is 88.8 cm³/mol. The van der Waals surface area contributed by atoms with E-state index in [1.54, 1.807) is 12.2 Å². The second kappa shape index (κ2) is 7.64. The van der Waals surface area contributed by atoms with Gasteiger partial charge in [0.05, 0.1) is 6.10 Å². The Morgan fingerprint density at radius 1 is 1.33 bits per heavy atom. The van der Waals surface area contributed by atoms with Gasteiger partial charge < -0.3 is 10.4 Å². The molecule has 1 aliphatic heterocycles. The first kappa shape index (κ1) is 16.1. The second-order valence-corrected chi connectivity index (χ2v) is 6.30. The van der Waals surface area contributed by atoms with Gasteiger partial charge in [-0.1, -0.05) is 43.2 Å². The van der Waals surface area contributed by atoms with E-state index in [0.717, 1.165) is 32.1 Å². The third kappa shape index (κ3) is 3.87. The van der Waals surface area contributed by atoms with Crippen LogP contribution in [0.1, 0.15) is 44.9 Å². The highest BCUT2D eigenvalue weighted by Crippen LogP contribution is 2.41. The van der Waals surface area contributed by atoms with Gasteiger partial charge in [0.15, 0.2) is 0 Å². The zero-order chi connectivity index (χ0) is 15.1. The van der Waals surface area contributed by atoms with Gasteiger partial charge in [0.1, 0.15) is 0 Å². The lowest BCUT2D eigenvalue weighted by molar-refractivity contribution is 0.00392. The summed E-state index contributed by atoms with van der Waals surface area (Å²) in [6.07, 6.45) is 22.5. The fraction of sp³-hybridized carbons (Fsp3) is 0.579. The third-order valence-electron chi connectivity index (χ3n) is 4.93. The first-order valence-corrected chi connectivity index (χ1v) is 8.08. The van der Waals surface area contributed by atoms with E-state index < -0.39 is 0 Å². The molecule has 0 radical (unpaired) electrons. The van der Waals surface area contributed by atoms with Gasteiger partial charge >= 0.3 is 0 Å². The van der Waals surface area contributed by atoms with Crippen LogP contribution in [0.4, 0.5) is 0 Å². The molecule has 4 unspecified atom stereocenters. The van der Waals surface area contributed by atoms with Crippen LogP contribution in [0.3, 0.4) is 0 Å². The maximum atomic E-state index is 10.4. The Balaban J connectivity index is 2.12. The van der Waals surface area contributed by atoms with Crippen LogP contribution in [0.2, 0.25) is 0 Å². The lowest BCUT2D eigenvalue weighted by atomic mass is 9.66. The van der Waals surface area contributed by atoms with Crippen LogP contribution < -0.4 is 5.32 Å². The summed E-state index contributed by atoms with van der Waals surface area (Å²) in [4.78, 5) is 0. The van der Waals surface area contributed by atoms with Crippen LogP contribution in [0, 0.1) is 18.3 Å². The summed E-state index contributed by atoms with van der Waals surface area (Å²) in [6.45, 7) is 3.75. The summed E-state index contributed by atoms with van der Waals surface area (Å²) in [5, 5.41) is 14.3. The van der Waals surface area contributed by atoms with Crippen LogP contribution in [0.5, 0.6) is 0 Å². The molecule has 114 valence electrons. The minimum atomic E-state index is -0.248. The van der Waals surface area contributed by atoms with Crippen LogP contribution in [-0.2, 0) is 0 Å². The highest BCUT2D eigenvalue weighted by molar-refractivity contribution is 5.15. The van der Waals surface area contributed by atoms with Crippen molar-refractivity contribution in [1.82, 2.24) is 5.32 Å². The van der Waals surface area contributed by atoms with Crippen molar-refractivity contribution in [2.24, 2.45) is 5.92 Å². The molecule has 4 atom stereocenters. The lowest BCUT2D eigenvalue weighted by Gasteiger charge is -2.51. The van der Waals surface area contributed by atoms with Gasteiger partial charge in [-0.05, 0) is 44.6 Å². The number of piperidine rings is 1. The molecule has 0 aromatic rings. The van der Waals surface area contributed by atoms with Crippen molar-refractivity contribution in [3.63, 3.8) is 0 Å². The average molecular weight is 285 g/mol. The summed E-state index contributed by atoms with van der Waals surface area (Å²) in [5.74, 6) is 2.74. The van der Waals surface area contributed by atoms with Gasteiger partial charge in [-0.15, -0.1) is 6.42 Å². The first-order chi connectivity index (χ1) is 10.2. The molecule has 1 saturated carbocycles. The molecule has 1 heterocycles. The van der Waals surface area contributed by atoms with Crippen molar-refractivity contribution in [3.8, 4) is 12.3 Å². The van der Waals surface area contributed by atoms with Gasteiger partial charge in [-0.3, -0.25) is 0 Å². The smallest absolute Gasteiger partial charge is 0.0620 e. The highest BCUT2D eigenvalue weighted by Gasteiger charge is 2.45. The average Bonchev–Trinajstić information content (AvgIpc) is 2.47. The Hall–Kier alpha value is -1.30. The summed E-state index contributed by atoms with van der Waals surface area (Å²) in [6, 6.07) is 0.466. The molecule has 0 amide bonds. The van der Waals surface area contributed by atoms with Gasteiger partial charge in [0.2, 0.25) is 0 Å². The molecule has 2 heteroatoms. The van der Waals surface area contributed by atoms with Crippen molar-refractivity contribution in [3.05, 3.63) is 37.0 Å². The quantitative estimate of drug-likeness (QED) is 0.613. The third-order valence-corrected chi connectivity index (χ3v) is 4.93. The normalized spacial score (nSPS) is 37.0. The topological polar surface area (TPSA) is 32.3 Å². The van der Waals surface area contributed by atoms with E-state index in [1.807, 2.05) is 6.08 Å². The standard InChI is InChI=1S/C19H27NO/c1-3-5-7-10-16-11-8-14-19(20-16)15-9-13-18(21)17(19)12-6-4-2/h1,4-7,12,16-18,20-21H,2,8-11,13-15H2/b7-5-,12-6-. The maximum Gasteiger partial charge on any atom is 0.0620 e. The van der Waals surface area contributed by atoms with Crippen molar-refractivity contribution in [2.45, 2.75) is 62.6 Å². The molecule has 2 rings (SSSR count). The Kier molecular flexibility index (Phi) is 5.85. The van der Waals surface area contributed by atoms with Crippen molar-refractivity contribution in [2.75, 3.05) is 0 Å². The molecule has 1 spiro atoms.